The smallest absolute Gasteiger partial charge is 0.187 e. The maximum atomic E-state index is 4.21. The molecule has 0 aromatic carbocycles. The Balaban J connectivity index is 2.19. The van der Waals surface area contributed by atoms with E-state index < -0.39 is 0 Å². The molecular formula is C8H10N2S. The minimum absolute atomic E-state index is 0.769. The summed E-state index contributed by atoms with van der Waals surface area (Å²) in [6, 6.07) is 0. The molecule has 2 rings (SSSR count). The molecule has 0 atom stereocenters. The van der Waals surface area contributed by atoms with E-state index in [0.29, 0.717) is 0 Å². The van der Waals surface area contributed by atoms with Crippen molar-refractivity contribution in [2.45, 2.75) is 23.9 Å². The Kier molecular flexibility index (Phi) is 1.82. The van der Waals surface area contributed by atoms with Crippen molar-refractivity contribution in [2.24, 2.45) is 0 Å². The molecule has 1 aliphatic rings. The highest BCUT2D eigenvalue weighted by Gasteiger charge is 2.23. The normalized spacial score (nSPS) is 16.8. The van der Waals surface area contributed by atoms with Crippen molar-refractivity contribution in [3.63, 3.8) is 0 Å². The summed E-state index contributed by atoms with van der Waals surface area (Å²) >= 11 is 1.59. The lowest BCUT2D eigenvalue weighted by atomic mass is 10.2. The van der Waals surface area contributed by atoms with Gasteiger partial charge in [0.05, 0.1) is 0 Å². The van der Waals surface area contributed by atoms with Gasteiger partial charge in [-0.1, -0.05) is 11.8 Å². The predicted molar refractivity (Wildman–Crippen MR) is 45.8 cm³/mol. The third-order valence-electron chi connectivity index (χ3n) is 1.88. The number of hydrogen-bond donors (Lipinski definition) is 0. The summed E-state index contributed by atoms with van der Waals surface area (Å²) in [6.45, 7) is 0. The lowest BCUT2D eigenvalue weighted by Crippen LogP contribution is -1.87. The Morgan fingerprint density at radius 1 is 1.36 bits per heavy atom. The molecule has 0 bridgehead atoms. The maximum absolute atomic E-state index is 4.21. The van der Waals surface area contributed by atoms with Crippen LogP contribution in [0.25, 0.3) is 0 Å². The second-order valence-electron chi connectivity index (χ2n) is 2.78. The monoisotopic (exact) mass is 166 g/mol. The highest BCUT2D eigenvalue weighted by molar-refractivity contribution is 7.98. The zero-order chi connectivity index (χ0) is 7.68. The maximum Gasteiger partial charge on any atom is 0.187 e. The molecule has 58 valence electrons. The van der Waals surface area contributed by atoms with E-state index in [2.05, 4.69) is 9.97 Å². The molecule has 1 aliphatic carbocycles. The van der Waals surface area contributed by atoms with E-state index in [1.165, 1.54) is 18.4 Å². The van der Waals surface area contributed by atoms with Gasteiger partial charge in [0.15, 0.2) is 5.16 Å². The average Bonchev–Trinajstić information content (AvgIpc) is 2.87. The molecule has 1 saturated carbocycles. The molecule has 1 aromatic heterocycles. The molecule has 0 aliphatic heterocycles. The number of thioether (sulfide) groups is 1. The van der Waals surface area contributed by atoms with E-state index in [1.54, 1.807) is 11.8 Å². The molecule has 3 heteroatoms. The van der Waals surface area contributed by atoms with Crippen LogP contribution in [-0.2, 0) is 0 Å². The van der Waals surface area contributed by atoms with Gasteiger partial charge in [-0.15, -0.1) is 0 Å². The Morgan fingerprint density at radius 2 is 2.00 bits per heavy atom. The summed E-state index contributed by atoms with van der Waals surface area (Å²) in [5.74, 6) is 0.769. The van der Waals surface area contributed by atoms with E-state index in [1.807, 2.05) is 18.6 Å². The molecule has 0 radical (unpaired) electrons. The van der Waals surface area contributed by atoms with Crippen LogP contribution in [0.2, 0.25) is 0 Å². The molecule has 1 aromatic rings. The number of nitrogens with zero attached hydrogens (tertiary/aromatic N) is 2. The van der Waals surface area contributed by atoms with Crippen molar-refractivity contribution in [2.75, 3.05) is 6.26 Å². The fourth-order valence-electron chi connectivity index (χ4n) is 1.06. The van der Waals surface area contributed by atoms with Crippen LogP contribution in [0.3, 0.4) is 0 Å². The van der Waals surface area contributed by atoms with Crippen LogP contribution in [-0.4, -0.2) is 16.2 Å². The van der Waals surface area contributed by atoms with Gasteiger partial charge in [-0.2, -0.15) is 0 Å². The van der Waals surface area contributed by atoms with Crippen LogP contribution in [0.5, 0.6) is 0 Å². The second kappa shape index (κ2) is 2.81. The topological polar surface area (TPSA) is 25.8 Å². The quantitative estimate of drug-likeness (QED) is 0.497. The van der Waals surface area contributed by atoms with E-state index in [-0.39, 0.29) is 0 Å². The van der Waals surface area contributed by atoms with Gasteiger partial charge in [-0.25, -0.2) is 9.97 Å². The van der Waals surface area contributed by atoms with Gasteiger partial charge in [-0.05, 0) is 30.6 Å². The highest BCUT2D eigenvalue weighted by Crippen LogP contribution is 2.39. The molecule has 2 nitrogen and oxygen atoms in total. The Bertz CT molecular complexity index is 241. The van der Waals surface area contributed by atoms with Crippen molar-refractivity contribution in [3.8, 4) is 0 Å². The van der Waals surface area contributed by atoms with Crippen molar-refractivity contribution < 1.29 is 0 Å². The third-order valence-corrected chi connectivity index (χ3v) is 2.46. The minimum Gasteiger partial charge on any atom is -0.231 e. The van der Waals surface area contributed by atoms with Crippen molar-refractivity contribution in [1.29, 1.82) is 0 Å². The Morgan fingerprint density at radius 3 is 2.45 bits per heavy atom. The summed E-state index contributed by atoms with van der Waals surface area (Å²) in [4.78, 5) is 8.42. The van der Waals surface area contributed by atoms with E-state index in [4.69, 9.17) is 0 Å². The van der Waals surface area contributed by atoms with Crippen LogP contribution in [0, 0.1) is 0 Å². The standard InChI is InChI=1S/C8H10N2S/c1-11-8-9-4-7(5-10-8)6-2-3-6/h4-6H,2-3H2,1H3. The number of aromatic nitrogens is 2. The lowest BCUT2D eigenvalue weighted by molar-refractivity contribution is 0.923. The Hall–Kier alpha value is -0.570. The highest BCUT2D eigenvalue weighted by atomic mass is 32.2. The predicted octanol–water partition coefficient (Wildman–Crippen LogP) is 2.08. The summed E-state index contributed by atoms with van der Waals surface area (Å²) in [7, 11) is 0. The Labute approximate surface area is 70.4 Å². The first-order chi connectivity index (χ1) is 5.40. The van der Waals surface area contributed by atoms with Gasteiger partial charge < -0.3 is 0 Å². The summed E-state index contributed by atoms with van der Waals surface area (Å²) in [6.07, 6.45) is 8.54. The minimum atomic E-state index is 0.769. The van der Waals surface area contributed by atoms with Gasteiger partial charge in [0.2, 0.25) is 0 Å². The molecule has 11 heavy (non-hydrogen) atoms. The average molecular weight is 166 g/mol. The first kappa shape index (κ1) is 7.10. The molecule has 0 saturated heterocycles. The van der Waals surface area contributed by atoms with Crippen LogP contribution in [0.1, 0.15) is 24.3 Å². The zero-order valence-corrected chi connectivity index (χ0v) is 7.27. The first-order valence-corrected chi connectivity index (χ1v) is 4.98. The fraction of sp³-hybridized carbons (Fsp3) is 0.500. The molecule has 0 spiro atoms. The summed E-state index contributed by atoms with van der Waals surface area (Å²) in [5.41, 5.74) is 1.31. The number of rotatable bonds is 2. The summed E-state index contributed by atoms with van der Waals surface area (Å²) in [5, 5.41) is 0.870. The summed E-state index contributed by atoms with van der Waals surface area (Å²) < 4.78 is 0. The van der Waals surface area contributed by atoms with Crippen LogP contribution < -0.4 is 0 Å². The van der Waals surface area contributed by atoms with E-state index >= 15 is 0 Å². The zero-order valence-electron chi connectivity index (χ0n) is 6.45. The van der Waals surface area contributed by atoms with Gasteiger partial charge in [-0.3, -0.25) is 0 Å². The van der Waals surface area contributed by atoms with Gasteiger partial charge in [0, 0.05) is 12.4 Å². The molecular weight excluding hydrogens is 156 g/mol. The molecule has 0 N–H and O–H groups in total. The van der Waals surface area contributed by atoms with E-state index in [9.17, 15) is 0 Å². The van der Waals surface area contributed by atoms with Crippen molar-refractivity contribution in [1.82, 2.24) is 9.97 Å². The molecule has 1 fully saturated rings. The molecule has 0 unspecified atom stereocenters. The van der Waals surface area contributed by atoms with Crippen LogP contribution in [0.4, 0.5) is 0 Å². The van der Waals surface area contributed by atoms with Crippen molar-refractivity contribution >= 4 is 11.8 Å². The fourth-order valence-corrected chi connectivity index (χ4v) is 1.38. The van der Waals surface area contributed by atoms with E-state index in [0.717, 1.165) is 11.1 Å². The lowest BCUT2D eigenvalue weighted by Gasteiger charge is -1.96. The molecule has 0 amide bonds. The molecule has 1 heterocycles. The van der Waals surface area contributed by atoms with Crippen LogP contribution >= 0.6 is 11.8 Å². The number of hydrogen-bond acceptors (Lipinski definition) is 3. The van der Waals surface area contributed by atoms with Gasteiger partial charge >= 0.3 is 0 Å². The van der Waals surface area contributed by atoms with Gasteiger partial charge in [0.25, 0.3) is 0 Å². The van der Waals surface area contributed by atoms with Gasteiger partial charge in [0.1, 0.15) is 0 Å². The first-order valence-electron chi connectivity index (χ1n) is 3.76. The van der Waals surface area contributed by atoms with Crippen LogP contribution in [0.15, 0.2) is 17.6 Å². The largest absolute Gasteiger partial charge is 0.231 e. The SMILES string of the molecule is CSc1ncc(C2CC2)cn1. The third kappa shape index (κ3) is 1.53. The van der Waals surface area contributed by atoms with Crippen molar-refractivity contribution in [3.05, 3.63) is 18.0 Å². The second-order valence-corrected chi connectivity index (χ2v) is 3.55.